The number of aliphatic hydroxyl groups excluding tert-OH is 4. The maximum Gasteiger partial charge on any atom is 0.363 e. The van der Waals surface area contributed by atoms with Gasteiger partial charge in [-0.1, -0.05) is 12.1 Å². The van der Waals surface area contributed by atoms with Crippen LogP contribution in [0.1, 0.15) is 5.56 Å². The Balaban J connectivity index is 1.67. The van der Waals surface area contributed by atoms with Crippen LogP contribution in [0.25, 0.3) is 0 Å². The molecule has 0 aromatic heterocycles. The average Bonchev–Trinajstić information content (AvgIpc) is 3.18. The highest BCUT2D eigenvalue weighted by Crippen LogP contribution is 2.36. The van der Waals surface area contributed by atoms with Crippen LogP contribution in [0.3, 0.4) is 0 Å². The van der Waals surface area contributed by atoms with E-state index in [2.05, 4.69) is 10.1 Å². The molecule has 2 amide bonds. The highest BCUT2D eigenvalue weighted by atomic mass is 32.2. The standard InChI is InChI=1S/C17H21N5O8S2/c1-20(2)9-5-3-8(4-6-9)14-19-22-17(31-14)18-16(27)21(32(22,28)29)15-13(26)12(25)11(24)10(7-23)30-15/h3-6,10-13,15,23-26H,7H2,1-2H3/t10-,11-,12+,13-,15-/m1/s1. The molecule has 3 heterocycles. The third-order valence-corrected chi connectivity index (χ3v) is 7.73. The molecule has 4 rings (SSSR count). The van der Waals surface area contributed by atoms with Gasteiger partial charge in [-0.25, -0.2) is 4.79 Å². The van der Waals surface area contributed by atoms with Crippen molar-refractivity contribution in [3.63, 3.8) is 0 Å². The zero-order chi connectivity index (χ0) is 23.4. The topological polar surface area (TPSA) is 176 Å². The number of ether oxygens (including phenoxy) is 1. The minimum Gasteiger partial charge on any atom is -0.394 e. The molecule has 0 spiro atoms. The Hall–Kier alpha value is -2.27. The van der Waals surface area contributed by atoms with E-state index < -0.39 is 53.5 Å². The molecule has 0 unspecified atom stereocenters. The summed E-state index contributed by atoms with van der Waals surface area (Å²) in [5.41, 5.74) is 1.52. The van der Waals surface area contributed by atoms with Crippen LogP contribution in [0.5, 0.6) is 0 Å². The zero-order valence-electron chi connectivity index (χ0n) is 16.9. The van der Waals surface area contributed by atoms with Gasteiger partial charge in [0.2, 0.25) is 5.17 Å². The molecule has 0 saturated carbocycles. The smallest absolute Gasteiger partial charge is 0.363 e. The van der Waals surface area contributed by atoms with Crippen LogP contribution in [0.4, 0.5) is 10.5 Å². The van der Waals surface area contributed by atoms with Crippen molar-refractivity contribution in [3.8, 4) is 0 Å². The van der Waals surface area contributed by atoms with Gasteiger partial charge in [-0.3, -0.25) is 0 Å². The number of anilines is 1. The maximum atomic E-state index is 13.2. The fourth-order valence-electron chi connectivity index (χ4n) is 3.33. The fourth-order valence-corrected chi connectivity index (χ4v) is 5.84. The van der Waals surface area contributed by atoms with Gasteiger partial charge in [-0.15, -0.1) is 9.52 Å². The Morgan fingerprint density at radius 2 is 1.78 bits per heavy atom. The van der Waals surface area contributed by atoms with Gasteiger partial charge in [0, 0.05) is 25.3 Å². The largest absolute Gasteiger partial charge is 0.394 e. The second-order valence-corrected chi connectivity index (χ2v) is 9.98. The van der Waals surface area contributed by atoms with E-state index in [0.29, 0.717) is 9.98 Å². The molecule has 3 aliphatic rings. The van der Waals surface area contributed by atoms with E-state index in [4.69, 9.17) is 4.74 Å². The second kappa shape index (κ2) is 8.26. The molecule has 1 aromatic rings. The highest BCUT2D eigenvalue weighted by molar-refractivity contribution is 8.28. The van der Waals surface area contributed by atoms with Crippen molar-refractivity contribution in [2.45, 2.75) is 30.6 Å². The highest BCUT2D eigenvalue weighted by Gasteiger charge is 2.55. The number of hydrogen-bond acceptors (Lipinski definition) is 11. The van der Waals surface area contributed by atoms with Crippen LogP contribution >= 0.6 is 11.8 Å². The summed E-state index contributed by atoms with van der Waals surface area (Å²) < 4.78 is 32.3. The predicted molar refractivity (Wildman–Crippen MR) is 114 cm³/mol. The molecule has 13 nitrogen and oxygen atoms in total. The number of aliphatic imine (C=N–C) groups is 1. The molecule has 1 saturated heterocycles. The molecule has 5 atom stereocenters. The van der Waals surface area contributed by atoms with Crippen molar-refractivity contribution in [1.82, 2.24) is 8.72 Å². The summed E-state index contributed by atoms with van der Waals surface area (Å²) in [6, 6.07) is 5.84. The van der Waals surface area contributed by atoms with Gasteiger partial charge >= 0.3 is 16.2 Å². The van der Waals surface area contributed by atoms with E-state index in [9.17, 15) is 33.6 Å². The monoisotopic (exact) mass is 487 g/mol. The van der Waals surface area contributed by atoms with Crippen molar-refractivity contribution in [1.29, 1.82) is 0 Å². The minimum absolute atomic E-state index is 0.140. The first-order valence-corrected chi connectivity index (χ1v) is 11.6. The number of amides is 2. The van der Waals surface area contributed by atoms with Gasteiger partial charge in [-0.05, 0) is 23.9 Å². The van der Waals surface area contributed by atoms with Crippen LogP contribution in [0, 0.1) is 0 Å². The predicted octanol–water partition coefficient (Wildman–Crippen LogP) is -1.70. The maximum absolute atomic E-state index is 13.2. The van der Waals surface area contributed by atoms with Crippen LogP contribution in [0.2, 0.25) is 0 Å². The Labute approximate surface area is 187 Å². The van der Waals surface area contributed by atoms with Crippen LogP contribution in [-0.4, -0.2) is 105 Å². The van der Waals surface area contributed by atoms with Crippen LogP contribution < -0.4 is 4.90 Å². The number of carbonyl (C=O) groups is 1. The van der Waals surface area contributed by atoms with E-state index in [1.807, 2.05) is 31.1 Å². The Bertz CT molecular complexity index is 1070. The summed E-state index contributed by atoms with van der Waals surface area (Å²) in [5, 5.41) is 43.7. The van der Waals surface area contributed by atoms with Gasteiger partial charge in [0.05, 0.1) is 6.61 Å². The molecule has 32 heavy (non-hydrogen) atoms. The number of aliphatic hydroxyl groups is 4. The number of rotatable bonds is 4. The molecule has 4 N–H and O–H groups in total. The number of hydrazone groups is 1. The van der Waals surface area contributed by atoms with Gasteiger partial charge in [0.25, 0.3) is 0 Å². The SMILES string of the molecule is CN(C)c1ccc(C2=NN3C(=NC(=O)N([C@@H]4O[C@H](CO)[C@@H](O)[C@H](O)[C@H]4O)S3(=O)=O)S2)cc1. The van der Waals surface area contributed by atoms with E-state index in [-0.39, 0.29) is 14.5 Å². The summed E-state index contributed by atoms with van der Waals surface area (Å²) in [5.74, 6) is 0. The second-order valence-electron chi connectivity index (χ2n) is 7.39. The number of carbonyl (C=O) groups excluding carboxylic acids is 1. The lowest BCUT2D eigenvalue weighted by molar-refractivity contribution is -0.247. The lowest BCUT2D eigenvalue weighted by Gasteiger charge is -2.44. The van der Waals surface area contributed by atoms with E-state index >= 15 is 0 Å². The average molecular weight is 488 g/mol. The number of fused-ring (bicyclic) bond motifs is 1. The van der Waals surface area contributed by atoms with Crippen molar-refractivity contribution >= 4 is 43.9 Å². The molecule has 15 heteroatoms. The number of amidine groups is 1. The molecule has 1 fully saturated rings. The number of thioether (sulfide) groups is 1. The lowest BCUT2D eigenvalue weighted by atomic mass is 9.98. The summed E-state index contributed by atoms with van der Waals surface area (Å²) >= 11 is 0.876. The number of nitrogens with zero attached hydrogens (tertiary/aromatic N) is 5. The van der Waals surface area contributed by atoms with Crippen molar-refractivity contribution < 1.29 is 38.4 Å². The van der Waals surface area contributed by atoms with Gasteiger partial charge in [0.1, 0.15) is 29.5 Å². The Morgan fingerprint density at radius 3 is 2.38 bits per heavy atom. The molecule has 3 aliphatic heterocycles. The third-order valence-electron chi connectivity index (χ3n) is 5.11. The van der Waals surface area contributed by atoms with Gasteiger partial charge in [0.15, 0.2) is 6.23 Å². The van der Waals surface area contributed by atoms with E-state index in [1.165, 1.54) is 0 Å². The molecular weight excluding hydrogens is 466 g/mol. The number of hydrogen-bond donors (Lipinski definition) is 4. The molecule has 0 bridgehead atoms. The molecule has 0 aliphatic carbocycles. The first-order chi connectivity index (χ1) is 15.1. The quantitative estimate of drug-likeness (QED) is 0.383. The Kier molecular flexibility index (Phi) is 5.91. The minimum atomic E-state index is -4.71. The fraction of sp³-hybridized carbons (Fsp3) is 0.471. The van der Waals surface area contributed by atoms with E-state index in [0.717, 1.165) is 17.4 Å². The molecular formula is C17H21N5O8S2. The molecule has 1 aromatic carbocycles. The van der Waals surface area contributed by atoms with Crippen LogP contribution in [0.15, 0.2) is 34.4 Å². The first-order valence-electron chi connectivity index (χ1n) is 9.38. The number of benzene rings is 1. The summed E-state index contributed by atoms with van der Waals surface area (Å²) in [6.07, 6.45) is -8.92. The summed E-state index contributed by atoms with van der Waals surface area (Å²) in [4.78, 5) is 18.2. The Morgan fingerprint density at radius 1 is 1.12 bits per heavy atom. The summed E-state index contributed by atoms with van der Waals surface area (Å²) in [7, 11) is -0.962. The zero-order valence-corrected chi connectivity index (χ0v) is 18.5. The van der Waals surface area contributed by atoms with Gasteiger partial charge < -0.3 is 30.1 Å². The van der Waals surface area contributed by atoms with Crippen molar-refractivity contribution in [2.75, 3.05) is 25.6 Å². The molecule has 174 valence electrons. The van der Waals surface area contributed by atoms with Gasteiger partial charge in [-0.2, -0.15) is 17.7 Å². The first kappa shape index (κ1) is 22.9. The van der Waals surface area contributed by atoms with E-state index in [1.54, 1.807) is 12.1 Å². The molecule has 0 radical (unpaired) electrons. The third kappa shape index (κ3) is 3.64. The summed E-state index contributed by atoms with van der Waals surface area (Å²) in [6.45, 7) is -0.789. The van der Waals surface area contributed by atoms with Crippen molar-refractivity contribution in [2.24, 2.45) is 10.1 Å². The lowest BCUT2D eigenvalue weighted by Crippen LogP contribution is -2.66. The van der Waals surface area contributed by atoms with Crippen LogP contribution in [-0.2, 0) is 14.9 Å². The normalized spacial score (nSPS) is 31.8. The number of urea groups is 1. The van der Waals surface area contributed by atoms with Crippen molar-refractivity contribution in [3.05, 3.63) is 29.8 Å².